The first-order valence-corrected chi connectivity index (χ1v) is 8.56. The summed E-state index contributed by atoms with van der Waals surface area (Å²) in [6.45, 7) is 0. The third-order valence-electron chi connectivity index (χ3n) is 2.87. The maximum Gasteiger partial charge on any atom is 0.271 e. The standard InChI is InChI=1S/C12H11O4SSi2/c13-17(14,15)12(8-19-16-18)11-7-3-5-9-4-1-2-6-10(9)11/h1-7,12H,8H2,(H,13,14,15). The number of fused-ring (bicyclic) bond motifs is 1. The van der Waals surface area contributed by atoms with Crippen LogP contribution < -0.4 is 0 Å². The van der Waals surface area contributed by atoms with Crippen LogP contribution in [0.25, 0.3) is 10.8 Å². The summed E-state index contributed by atoms with van der Waals surface area (Å²) < 4.78 is 37.3. The van der Waals surface area contributed by atoms with Gasteiger partial charge in [-0.05, 0) is 22.4 Å². The van der Waals surface area contributed by atoms with Crippen molar-refractivity contribution in [2.45, 2.75) is 11.3 Å². The van der Waals surface area contributed by atoms with Crippen molar-refractivity contribution in [3.63, 3.8) is 0 Å². The molecule has 97 valence electrons. The summed E-state index contributed by atoms with van der Waals surface area (Å²) in [5.74, 6) is 0. The van der Waals surface area contributed by atoms with Gasteiger partial charge in [-0.25, -0.2) is 0 Å². The molecule has 1 atom stereocenters. The van der Waals surface area contributed by atoms with Gasteiger partial charge in [0.05, 0.1) is 0 Å². The van der Waals surface area contributed by atoms with Crippen molar-refractivity contribution in [2.24, 2.45) is 0 Å². The molecule has 1 N–H and O–H groups in total. The van der Waals surface area contributed by atoms with Crippen LogP contribution in [0.1, 0.15) is 10.8 Å². The van der Waals surface area contributed by atoms with Crippen LogP contribution >= 0.6 is 0 Å². The van der Waals surface area contributed by atoms with Crippen LogP contribution in [0.3, 0.4) is 0 Å². The lowest BCUT2D eigenvalue weighted by Crippen LogP contribution is -2.15. The predicted molar refractivity (Wildman–Crippen MR) is 75.6 cm³/mol. The summed E-state index contributed by atoms with van der Waals surface area (Å²) in [5.41, 5.74) is 0.594. The summed E-state index contributed by atoms with van der Waals surface area (Å²) in [4.78, 5) is 0. The lowest BCUT2D eigenvalue weighted by Gasteiger charge is -2.15. The van der Waals surface area contributed by atoms with E-state index in [9.17, 15) is 13.0 Å². The first-order valence-electron chi connectivity index (χ1n) is 5.53. The maximum atomic E-state index is 11.6. The van der Waals surface area contributed by atoms with E-state index in [0.29, 0.717) is 5.56 Å². The summed E-state index contributed by atoms with van der Waals surface area (Å²) in [6.07, 6.45) is 0. The van der Waals surface area contributed by atoms with Gasteiger partial charge in [0.2, 0.25) is 20.2 Å². The molecular weight excluding hydrogens is 296 g/mol. The van der Waals surface area contributed by atoms with Crippen molar-refractivity contribution >= 4 is 41.1 Å². The molecule has 0 spiro atoms. The molecule has 0 aliphatic carbocycles. The Morgan fingerprint density at radius 1 is 1.21 bits per heavy atom. The average Bonchev–Trinajstić information content (AvgIpc) is 2.38. The molecule has 4 nitrogen and oxygen atoms in total. The van der Waals surface area contributed by atoms with Gasteiger partial charge in [0.1, 0.15) is 5.25 Å². The molecule has 0 aromatic heterocycles. The lowest BCUT2D eigenvalue weighted by atomic mass is 10.0. The van der Waals surface area contributed by atoms with Gasteiger partial charge in [-0.3, -0.25) is 4.55 Å². The molecule has 0 aliphatic rings. The fraction of sp³-hybridized carbons (Fsp3) is 0.167. The van der Waals surface area contributed by atoms with Crippen molar-refractivity contribution in [3.05, 3.63) is 48.0 Å². The number of benzene rings is 2. The zero-order chi connectivity index (χ0) is 13.9. The highest BCUT2D eigenvalue weighted by Gasteiger charge is 2.26. The van der Waals surface area contributed by atoms with E-state index in [2.05, 4.69) is 10.5 Å². The van der Waals surface area contributed by atoms with Gasteiger partial charge in [0, 0.05) is 0 Å². The molecule has 0 fully saturated rings. The summed E-state index contributed by atoms with van der Waals surface area (Å²) in [5, 5.41) is 0.788. The summed E-state index contributed by atoms with van der Waals surface area (Å²) in [6, 6.07) is 13.1. The maximum absolute atomic E-state index is 11.6. The molecule has 19 heavy (non-hydrogen) atoms. The SMILES string of the molecule is O=S(=O)(O)C(C[Si]O[Si])c1cccc2ccccc12. The Bertz CT molecular complexity index is 667. The molecular formula is C12H11O4SSi2. The molecule has 0 amide bonds. The first kappa shape index (κ1) is 14.4. The molecule has 0 saturated heterocycles. The molecule has 0 bridgehead atoms. The van der Waals surface area contributed by atoms with Gasteiger partial charge in [0.25, 0.3) is 10.1 Å². The third-order valence-corrected chi connectivity index (χ3v) is 5.46. The number of hydrogen-bond acceptors (Lipinski definition) is 3. The molecule has 2 aromatic carbocycles. The van der Waals surface area contributed by atoms with Crippen molar-refractivity contribution in [3.8, 4) is 0 Å². The van der Waals surface area contributed by atoms with Crippen molar-refractivity contribution < 1.29 is 17.1 Å². The highest BCUT2D eigenvalue weighted by atomic mass is 32.2. The van der Waals surface area contributed by atoms with Gasteiger partial charge >= 0.3 is 0 Å². The van der Waals surface area contributed by atoms with Crippen LogP contribution in [-0.4, -0.2) is 33.2 Å². The number of rotatable bonds is 5. The fourth-order valence-electron chi connectivity index (χ4n) is 2.02. The highest BCUT2D eigenvalue weighted by Crippen LogP contribution is 2.31. The molecule has 0 aliphatic heterocycles. The van der Waals surface area contributed by atoms with Crippen LogP contribution in [0.4, 0.5) is 0 Å². The van der Waals surface area contributed by atoms with Crippen molar-refractivity contribution in [1.82, 2.24) is 0 Å². The molecule has 1 unspecified atom stereocenters. The van der Waals surface area contributed by atoms with Crippen LogP contribution in [0.5, 0.6) is 0 Å². The Hall–Kier alpha value is -0.996. The van der Waals surface area contributed by atoms with Gasteiger partial charge in [-0.1, -0.05) is 42.5 Å². The van der Waals surface area contributed by atoms with Gasteiger partial charge in [0.15, 0.2) is 0 Å². The molecule has 2 aromatic rings. The molecule has 7 heteroatoms. The predicted octanol–water partition coefficient (Wildman–Crippen LogP) is 1.91. The molecule has 2 rings (SSSR count). The zero-order valence-electron chi connectivity index (χ0n) is 9.91. The molecule has 0 saturated carbocycles. The van der Waals surface area contributed by atoms with Crippen LogP contribution in [0, 0.1) is 0 Å². The zero-order valence-corrected chi connectivity index (χ0v) is 12.7. The van der Waals surface area contributed by atoms with Gasteiger partial charge in [-0.15, -0.1) is 0 Å². The second-order valence-electron chi connectivity index (χ2n) is 4.02. The second-order valence-corrected chi connectivity index (χ2v) is 7.13. The Kier molecular flexibility index (Phi) is 4.53. The monoisotopic (exact) mass is 307 g/mol. The van der Waals surface area contributed by atoms with Gasteiger partial charge < -0.3 is 4.12 Å². The minimum Gasteiger partial charge on any atom is -0.458 e. The van der Waals surface area contributed by atoms with E-state index in [1.165, 1.54) is 0 Å². The first-order chi connectivity index (χ1) is 9.04. The van der Waals surface area contributed by atoms with E-state index < -0.39 is 15.4 Å². The Morgan fingerprint density at radius 2 is 1.89 bits per heavy atom. The second kappa shape index (κ2) is 5.97. The highest BCUT2D eigenvalue weighted by molar-refractivity contribution is 7.86. The number of hydrogen-bond donors (Lipinski definition) is 1. The van der Waals surface area contributed by atoms with Crippen molar-refractivity contribution in [2.75, 3.05) is 0 Å². The smallest absolute Gasteiger partial charge is 0.271 e. The van der Waals surface area contributed by atoms with E-state index in [1.54, 1.807) is 12.1 Å². The average molecular weight is 307 g/mol. The van der Waals surface area contributed by atoms with Gasteiger partial charge in [-0.2, -0.15) is 8.42 Å². The Balaban J connectivity index is 2.56. The van der Waals surface area contributed by atoms with Crippen LogP contribution in [-0.2, 0) is 14.2 Å². The minimum absolute atomic E-state index is 0.0602. The quantitative estimate of drug-likeness (QED) is 0.677. The fourth-order valence-corrected chi connectivity index (χ4v) is 4.30. The third kappa shape index (κ3) is 3.31. The lowest BCUT2D eigenvalue weighted by molar-refractivity contribution is 0.471. The molecule has 0 heterocycles. The van der Waals surface area contributed by atoms with Crippen LogP contribution in [0.2, 0.25) is 6.04 Å². The van der Waals surface area contributed by atoms with Crippen molar-refractivity contribution in [1.29, 1.82) is 0 Å². The van der Waals surface area contributed by atoms with E-state index in [-0.39, 0.29) is 15.8 Å². The summed E-state index contributed by atoms with van der Waals surface area (Å²) >= 11 is 0. The largest absolute Gasteiger partial charge is 0.458 e. The van der Waals surface area contributed by atoms with E-state index in [0.717, 1.165) is 10.8 Å². The minimum atomic E-state index is -4.18. The van der Waals surface area contributed by atoms with E-state index in [4.69, 9.17) is 4.12 Å². The molecule has 5 radical (unpaired) electrons. The Morgan fingerprint density at radius 3 is 2.58 bits per heavy atom. The summed E-state index contributed by atoms with van der Waals surface area (Å²) in [7, 11) is -1.39. The Labute approximate surface area is 118 Å². The van der Waals surface area contributed by atoms with Crippen LogP contribution in [0.15, 0.2) is 42.5 Å². The van der Waals surface area contributed by atoms with E-state index in [1.807, 2.05) is 30.3 Å². The van der Waals surface area contributed by atoms with E-state index >= 15 is 0 Å². The normalized spacial score (nSPS) is 13.6. The topological polar surface area (TPSA) is 63.6 Å².